The summed E-state index contributed by atoms with van der Waals surface area (Å²) in [6, 6.07) is 4.41. The molecule has 5 rings (SSSR count). The summed E-state index contributed by atoms with van der Waals surface area (Å²) in [5.74, 6) is -1.38. The number of halogens is 1. The van der Waals surface area contributed by atoms with Crippen LogP contribution in [0.3, 0.4) is 0 Å². The molecule has 3 aliphatic rings. The minimum atomic E-state index is -0.685. The van der Waals surface area contributed by atoms with Gasteiger partial charge in [0.2, 0.25) is 11.8 Å². The van der Waals surface area contributed by atoms with Gasteiger partial charge in [-0.1, -0.05) is 6.07 Å². The normalized spacial score (nSPS) is 22.7. The molecule has 1 aromatic heterocycles. The zero-order valence-electron chi connectivity index (χ0n) is 17.1. The molecule has 1 atom stereocenters. The number of aromatic nitrogens is 2. The Hall–Kier alpha value is -3.07. The van der Waals surface area contributed by atoms with Crippen molar-refractivity contribution in [1.82, 2.24) is 25.3 Å². The number of fused-ring (bicyclic) bond motifs is 1. The van der Waals surface area contributed by atoms with E-state index in [1.165, 1.54) is 11.0 Å². The Morgan fingerprint density at radius 1 is 1.13 bits per heavy atom. The number of carbonyl (C=O) groups is 3. The highest BCUT2D eigenvalue weighted by Crippen LogP contribution is 2.35. The Morgan fingerprint density at radius 2 is 1.94 bits per heavy atom. The number of imide groups is 1. The average Bonchev–Trinajstić information content (AvgIpc) is 3.37. The van der Waals surface area contributed by atoms with E-state index >= 15 is 0 Å². The van der Waals surface area contributed by atoms with Gasteiger partial charge >= 0.3 is 0 Å². The van der Waals surface area contributed by atoms with Crippen LogP contribution < -0.4 is 5.32 Å². The number of nitrogens with zero attached hydrogens (tertiary/aromatic N) is 3. The number of piperidine rings is 2. The van der Waals surface area contributed by atoms with Gasteiger partial charge in [-0.05, 0) is 61.5 Å². The van der Waals surface area contributed by atoms with Crippen molar-refractivity contribution >= 4 is 17.7 Å². The molecule has 3 aliphatic heterocycles. The molecule has 2 aromatic rings. The summed E-state index contributed by atoms with van der Waals surface area (Å²) in [5.41, 5.74) is 2.79. The molecular formula is C22H24FN5O3. The fourth-order valence-electron chi connectivity index (χ4n) is 4.94. The van der Waals surface area contributed by atoms with Crippen molar-refractivity contribution in [2.45, 2.75) is 50.7 Å². The minimum Gasteiger partial charge on any atom is -0.322 e. The topological polar surface area (TPSA) is 98.4 Å². The fourth-order valence-corrected chi connectivity index (χ4v) is 4.94. The van der Waals surface area contributed by atoms with Crippen LogP contribution in [-0.4, -0.2) is 56.9 Å². The van der Waals surface area contributed by atoms with Gasteiger partial charge in [0.15, 0.2) is 0 Å². The fraction of sp³-hybridized carbons (Fsp3) is 0.455. The van der Waals surface area contributed by atoms with Crippen LogP contribution in [0.1, 0.15) is 58.8 Å². The lowest BCUT2D eigenvalue weighted by Gasteiger charge is -2.32. The third-order valence-electron chi connectivity index (χ3n) is 6.62. The van der Waals surface area contributed by atoms with Crippen molar-refractivity contribution in [3.8, 4) is 0 Å². The van der Waals surface area contributed by atoms with Crippen LogP contribution in [0.2, 0.25) is 0 Å². The second-order valence-electron chi connectivity index (χ2n) is 8.56. The van der Waals surface area contributed by atoms with Crippen molar-refractivity contribution in [3.05, 3.63) is 52.6 Å². The van der Waals surface area contributed by atoms with Crippen LogP contribution in [0.15, 0.2) is 24.4 Å². The van der Waals surface area contributed by atoms with Crippen LogP contribution in [0.4, 0.5) is 4.39 Å². The van der Waals surface area contributed by atoms with Gasteiger partial charge in [-0.2, -0.15) is 5.10 Å². The van der Waals surface area contributed by atoms with Gasteiger partial charge in [-0.25, -0.2) is 4.39 Å². The molecule has 0 spiro atoms. The molecule has 3 amide bonds. The first kappa shape index (κ1) is 19.9. The molecule has 162 valence electrons. The molecule has 2 N–H and O–H groups in total. The summed E-state index contributed by atoms with van der Waals surface area (Å²) in [7, 11) is 0. The molecule has 0 saturated carbocycles. The van der Waals surface area contributed by atoms with E-state index in [2.05, 4.69) is 20.4 Å². The largest absolute Gasteiger partial charge is 0.322 e. The lowest BCUT2D eigenvalue weighted by molar-refractivity contribution is -0.136. The van der Waals surface area contributed by atoms with Gasteiger partial charge in [0.25, 0.3) is 5.91 Å². The zero-order valence-corrected chi connectivity index (χ0v) is 17.1. The van der Waals surface area contributed by atoms with E-state index < -0.39 is 11.9 Å². The first-order valence-corrected chi connectivity index (χ1v) is 10.7. The van der Waals surface area contributed by atoms with Crippen LogP contribution >= 0.6 is 0 Å². The lowest BCUT2D eigenvalue weighted by Crippen LogP contribution is -2.52. The molecule has 8 nitrogen and oxygen atoms in total. The SMILES string of the molecule is O=C1CCC(N2Cc3cc(C4CCN(Cc5ccn[nH]5)CC4)c(F)cc3C2=O)C(=O)N1. The number of amides is 3. The van der Waals surface area contributed by atoms with Crippen LogP contribution in [0, 0.1) is 5.82 Å². The number of carbonyl (C=O) groups excluding carboxylic acids is 3. The number of benzene rings is 1. The van der Waals surface area contributed by atoms with E-state index in [0.29, 0.717) is 17.5 Å². The second kappa shape index (κ2) is 7.88. The van der Waals surface area contributed by atoms with Crippen molar-refractivity contribution in [1.29, 1.82) is 0 Å². The van der Waals surface area contributed by atoms with E-state index in [1.54, 1.807) is 6.20 Å². The maximum Gasteiger partial charge on any atom is 0.255 e. The van der Waals surface area contributed by atoms with Gasteiger partial charge in [0.1, 0.15) is 11.9 Å². The lowest BCUT2D eigenvalue weighted by atomic mass is 9.87. The van der Waals surface area contributed by atoms with Crippen LogP contribution in [0.5, 0.6) is 0 Å². The molecular weight excluding hydrogens is 401 g/mol. The van der Waals surface area contributed by atoms with E-state index in [4.69, 9.17) is 0 Å². The predicted octanol–water partition coefficient (Wildman–Crippen LogP) is 1.69. The Morgan fingerprint density at radius 3 is 2.65 bits per heavy atom. The maximum atomic E-state index is 15.0. The third kappa shape index (κ3) is 3.74. The standard InChI is InChI=1S/C22H24FN5O3/c23-18-10-17-14(11-28(22(17)31)19-1-2-20(29)25-21(19)30)9-16(18)13-4-7-27(8-5-13)12-15-3-6-24-26-15/h3,6,9-10,13,19H,1-2,4-5,7-8,11-12H2,(H,24,26)(H,25,29,30). The first-order chi connectivity index (χ1) is 15.0. The second-order valence-corrected chi connectivity index (χ2v) is 8.56. The van der Waals surface area contributed by atoms with Gasteiger partial charge < -0.3 is 4.90 Å². The molecule has 9 heteroatoms. The van der Waals surface area contributed by atoms with E-state index in [9.17, 15) is 18.8 Å². The van der Waals surface area contributed by atoms with E-state index in [1.807, 2.05) is 12.1 Å². The quantitative estimate of drug-likeness (QED) is 0.727. The Balaban J connectivity index is 1.29. The summed E-state index contributed by atoms with van der Waals surface area (Å²) in [5, 5.41) is 9.24. The summed E-state index contributed by atoms with van der Waals surface area (Å²) >= 11 is 0. The summed E-state index contributed by atoms with van der Waals surface area (Å²) in [4.78, 5) is 40.2. The van der Waals surface area contributed by atoms with E-state index in [0.717, 1.165) is 43.7 Å². The zero-order chi connectivity index (χ0) is 21.5. The molecule has 4 heterocycles. The van der Waals surface area contributed by atoms with Crippen molar-refractivity contribution in [2.24, 2.45) is 0 Å². The van der Waals surface area contributed by atoms with Gasteiger partial charge in [-0.15, -0.1) is 0 Å². The number of H-pyrrole nitrogens is 1. The number of hydrogen-bond acceptors (Lipinski definition) is 5. The number of rotatable bonds is 4. The van der Waals surface area contributed by atoms with Crippen molar-refractivity contribution in [2.75, 3.05) is 13.1 Å². The van der Waals surface area contributed by atoms with Gasteiger partial charge in [0, 0.05) is 37.0 Å². The van der Waals surface area contributed by atoms with Gasteiger partial charge in [0.05, 0.1) is 0 Å². The maximum absolute atomic E-state index is 15.0. The van der Waals surface area contributed by atoms with Crippen LogP contribution in [0.25, 0.3) is 0 Å². The number of nitrogens with one attached hydrogen (secondary N) is 2. The number of aromatic amines is 1. The number of hydrogen-bond donors (Lipinski definition) is 2. The minimum absolute atomic E-state index is 0.100. The summed E-state index contributed by atoms with van der Waals surface area (Å²) in [6.07, 6.45) is 3.92. The third-order valence-corrected chi connectivity index (χ3v) is 6.62. The molecule has 2 fully saturated rings. The highest BCUT2D eigenvalue weighted by atomic mass is 19.1. The van der Waals surface area contributed by atoms with Crippen molar-refractivity contribution in [3.63, 3.8) is 0 Å². The molecule has 0 aliphatic carbocycles. The Bertz CT molecular complexity index is 1030. The molecule has 1 unspecified atom stereocenters. The predicted molar refractivity (Wildman–Crippen MR) is 108 cm³/mol. The highest BCUT2D eigenvalue weighted by molar-refractivity contribution is 6.05. The smallest absolute Gasteiger partial charge is 0.255 e. The molecule has 0 radical (unpaired) electrons. The number of likely N-dealkylation sites (tertiary alicyclic amines) is 1. The molecule has 1 aromatic carbocycles. The van der Waals surface area contributed by atoms with Gasteiger partial charge in [-0.3, -0.25) is 29.7 Å². The molecule has 2 saturated heterocycles. The highest BCUT2D eigenvalue weighted by Gasteiger charge is 2.40. The Labute approximate surface area is 178 Å². The summed E-state index contributed by atoms with van der Waals surface area (Å²) in [6.45, 7) is 2.80. The summed E-state index contributed by atoms with van der Waals surface area (Å²) < 4.78 is 15.0. The first-order valence-electron chi connectivity index (χ1n) is 10.7. The molecule has 0 bridgehead atoms. The van der Waals surface area contributed by atoms with E-state index in [-0.39, 0.29) is 36.5 Å². The van der Waals surface area contributed by atoms with Crippen LogP contribution in [-0.2, 0) is 22.7 Å². The average molecular weight is 425 g/mol. The monoisotopic (exact) mass is 425 g/mol. The Kier molecular flexibility index (Phi) is 5.05. The van der Waals surface area contributed by atoms with Crippen molar-refractivity contribution < 1.29 is 18.8 Å². The molecule has 31 heavy (non-hydrogen) atoms.